The van der Waals surface area contributed by atoms with Crippen LogP contribution in [0, 0.1) is 0 Å². The van der Waals surface area contributed by atoms with Gasteiger partial charge in [-0.1, -0.05) is 68.4 Å². The SMILES string of the molecule is CC(=O)CCCc1ccc(Cc2c(C(C)C)nn(Cc3ccccc3)c2O[C@@H]2O[C@H](CO)[C@@H](F)[C@H](O)[C@H]2O)cc1. The van der Waals surface area contributed by atoms with Crippen molar-refractivity contribution in [3.05, 3.63) is 82.5 Å². The summed E-state index contributed by atoms with van der Waals surface area (Å²) in [5.41, 5.74) is 4.75. The van der Waals surface area contributed by atoms with Crippen molar-refractivity contribution in [2.24, 2.45) is 0 Å². The van der Waals surface area contributed by atoms with E-state index in [1.165, 1.54) is 0 Å². The van der Waals surface area contributed by atoms with Gasteiger partial charge in [0.05, 0.1) is 18.8 Å². The van der Waals surface area contributed by atoms with Gasteiger partial charge in [-0.15, -0.1) is 0 Å². The zero-order valence-electron chi connectivity index (χ0n) is 23.2. The van der Waals surface area contributed by atoms with Gasteiger partial charge in [-0.3, -0.25) is 0 Å². The van der Waals surface area contributed by atoms with Gasteiger partial charge in [0.15, 0.2) is 6.17 Å². The molecular formula is C31H39FN2O6. The third kappa shape index (κ3) is 7.14. The molecule has 0 saturated carbocycles. The predicted molar refractivity (Wildman–Crippen MR) is 148 cm³/mol. The van der Waals surface area contributed by atoms with Crippen LogP contribution in [0.3, 0.4) is 0 Å². The molecule has 2 heterocycles. The molecule has 1 aromatic heterocycles. The highest BCUT2D eigenvalue weighted by Gasteiger charge is 2.46. The highest BCUT2D eigenvalue weighted by Crippen LogP contribution is 2.34. The molecule has 0 aliphatic carbocycles. The van der Waals surface area contributed by atoms with Crippen molar-refractivity contribution >= 4 is 5.78 Å². The Balaban J connectivity index is 1.67. The number of hydrogen-bond donors (Lipinski definition) is 3. The van der Waals surface area contributed by atoms with Gasteiger partial charge in [0.1, 0.15) is 24.1 Å². The summed E-state index contributed by atoms with van der Waals surface area (Å²) < 4.78 is 27.9. The van der Waals surface area contributed by atoms with E-state index in [0.29, 0.717) is 25.3 Å². The molecule has 2 aromatic carbocycles. The molecule has 3 aromatic rings. The minimum Gasteiger partial charge on any atom is -0.445 e. The number of alkyl halides is 1. The second-order valence-electron chi connectivity index (χ2n) is 10.8. The summed E-state index contributed by atoms with van der Waals surface area (Å²) in [4.78, 5) is 11.3. The fourth-order valence-electron chi connectivity index (χ4n) is 4.94. The molecule has 0 radical (unpaired) electrons. The molecule has 1 aliphatic rings. The second-order valence-corrected chi connectivity index (χ2v) is 10.8. The molecule has 9 heteroatoms. The van der Waals surface area contributed by atoms with Crippen LogP contribution in [-0.2, 0) is 28.9 Å². The van der Waals surface area contributed by atoms with Crippen molar-refractivity contribution in [1.29, 1.82) is 0 Å². The fourth-order valence-corrected chi connectivity index (χ4v) is 4.94. The van der Waals surface area contributed by atoms with Crippen molar-refractivity contribution in [3.8, 4) is 5.88 Å². The van der Waals surface area contributed by atoms with E-state index in [1.54, 1.807) is 11.6 Å². The van der Waals surface area contributed by atoms with Crippen molar-refractivity contribution in [2.75, 3.05) is 6.61 Å². The zero-order chi connectivity index (χ0) is 28.8. The lowest BCUT2D eigenvalue weighted by Gasteiger charge is -2.38. The number of ether oxygens (including phenoxy) is 2. The Morgan fingerprint density at radius 3 is 2.35 bits per heavy atom. The lowest BCUT2D eigenvalue weighted by atomic mass is 9.97. The maximum absolute atomic E-state index is 14.4. The van der Waals surface area contributed by atoms with E-state index < -0.39 is 37.4 Å². The summed E-state index contributed by atoms with van der Waals surface area (Å²) in [6.45, 7) is 5.38. The molecule has 1 aliphatic heterocycles. The summed E-state index contributed by atoms with van der Waals surface area (Å²) in [7, 11) is 0. The smallest absolute Gasteiger partial charge is 0.231 e. The van der Waals surface area contributed by atoms with Crippen LogP contribution in [0.1, 0.15) is 67.5 Å². The monoisotopic (exact) mass is 554 g/mol. The minimum absolute atomic E-state index is 0.0448. The Labute approximate surface area is 234 Å². The highest BCUT2D eigenvalue weighted by molar-refractivity contribution is 5.75. The molecule has 0 spiro atoms. The van der Waals surface area contributed by atoms with Crippen LogP contribution < -0.4 is 4.74 Å². The van der Waals surface area contributed by atoms with E-state index in [9.17, 15) is 24.5 Å². The van der Waals surface area contributed by atoms with Gasteiger partial charge < -0.3 is 29.6 Å². The summed E-state index contributed by atoms with van der Waals surface area (Å²) in [5.74, 6) is 0.580. The Morgan fingerprint density at radius 2 is 1.73 bits per heavy atom. The molecule has 0 unspecified atom stereocenters. The van der Waals surface area contributed by atoms with Gasteiger partial charge in [0.2, 0.25) is 12.2 Å². The van der Waals surface area contributed by atoms with Crippen molar-refractivity contribution in [2.45, 2.75) is 89.7 Å². The van der Waals surface area contributed by atoms with E-state index in [1.807, 2.05) is 56.3 Å². The third-order valence-electron chi connectivity index (χ3n) is 7.18. The number of aliphatic hydroxyl groups is 3. The molecule has 8 nitrogen and oxygen atoms in total. The Morgan fingerprint density at radius 1 is 1.05 bits per heavy atom. The molecule has 0 bridgehead atoms. The number of benzene rings is 2. The number of Topliss-reactive ketones (excluding diaryl/α,β-unsaturated/α-hetero) is 1. The number of ketones is 1. The average Bonchev–Trinajstić information content (AvgIpc) is 3.26. The van der Waals surface area contributed by atoms with Crippen molar-refractivity contribution in [3.63, 3.8) is 0 Å². The number of carbonyl (C=O) groups is 1. The summed E-state index contributed by atoms with van der Waals surface area (Å²) in [6.07, 6.45) is -5.47. The normalized spacial score (nSPS) is 22.9. The van der Waals surface area contributed by atoms with E-state index >= 15 is 0 Å². The number of rotatable bonds is 12. The standard InChI is InChI=1S/C31H39FN2O6/c1-19(2)27-24(16-22-14-12-21(13-15-22)11-7-8-20(3)36)30(34(33-27)17-23-9-5-4-6-10-23)40-31-29(38)28(37)26(32)25(18-35)39-31/h4-6,9-10,12-15,19,25-26,28-29,31,35,37-38H,7-8,11,16-18H2,1-3H3/t25-,26-,28+,29-,31+/m1/s1. The molecule has 4 rings (SSSR count). The number of nitrogens with zero attached hydrogens (tertiary/aromatic N) is 2. The van der Waals surface area contributed by atoms with Crippen LogP contribution >= 0.6 is 0 Å². The Kier molecular flexibility index (Phi) is 10.1. The van der Waals surface area contributed by atoms with E-state index in [-0.39, 0.29) is 11.7 Å². The first-order valence-electron chi connectivity index (χ1n) is 13.8. The van der Waals surface area contributed by atoms with Crippen LogP contribution in [0.2, 0.25) is 0 Å². The maximum Gasteiger partial charge on any atom is 0.231 e. The lowest BCUT2D eigenvalue weighted by molar-refractivity contribution is -0.266. The highest BCUT2D eigenvalue weighted by atomic mass is 19.1. The van der Waals surface area contributed by atoms with Gasteiger partial charge in [-0.25, -0.2) is 9.07 Å². The van der Waals surface area contributed by atoms with E-state index in [0.717, 1.165) is 40.8 Å². The quantitative estimate of drug-likeness (QED) is 0.313. The number of aromatic nitrogens is 2. The van der Waals surface area contributed by atoms with E-state index in [4.69, 9.17) is 14.6 Å². The first kappa shape index (κ1) is 29.9. The van der Waals surface area contributed by atoms with Crippen LogP contribution in [0.25, 0.3) is 0 Å². The number of halogens is 1. The van der Waals surface area contributed by atoms with Gasteiger partial charge in [-0.2, -0.15) is 5.10 Å². The van der Waals surface area contributed by atoms with Gasteiger partial charge in [0, 0.05) is 18.4 Å². The summed E-state index contributed by atoms with van der Waals surface area (Å²) >= 11 is 0. The van der Waals surface area contributed by atoms with Crippen LogP contribution in [-0.4, -0.2) is 68.3 Å². The Hall–Kier alpha value is -3.11. The molecule has 40 heavy (non-hydrogen) atoms. The molecule has 0 amide bonds. The molecular weight excluding hydrogens is 515 g/mol. The largest absolute Gasteiger partial charge is 0.445 e. The molecule has 216 valence electrons. The maximum atomic E-state index is 14.4. The zero-order valence-corrected chi connectivity index (χ0v) is 23.2. The number of aliphatic hydroxyl groups excluding tert-OH is 3. The average molecular weight is 555 g/mol. The van der Waals surface area contributed by atoms with Crippen LogP contribution in [0.5, 0.6) is 5.88 Å². The van der Waals surface area contributed by atoms with Crippen LogP contribution in [0.15, 0.2) is 54.6 Å². The first-order chi connectivity index (χ1) is 19.2. The number of carbonyl (C=O) groups excluding carboxylic acids is 1. The van der Waals surface area contributed by atoms with Crippen LogP contribution in [0.4, 0.5) is 4.39 Å². The third-order valence-corrected chi connectivity index (χ3v) is 7.18. The summed E-state index contributed by atoms with van der Waals surface area (Å²) in [5, 5.41) is 35.4. The predicted octanol–water partition coefficient (Wildman–Crippen LogP) is 3.71. The number of aryl methyl sites for hydroxylation is 1. The molecule has 1 saturated heterocycles. The molecule has 1 fully saturated rings. The molecule has 5 atom stereocenters. The van der Waals surface area contributed by atoms with Crippen molar-refractivity contribution in [1.82, 2.24) is 9.78 Å². The second kappa shape index (κ2) is 13.5. The Bertz CT molecular complexity index is 1240. The van der Waals surface area contributed by atoms with Gasteiger partial charge in [0.25, 0.3) is 0 Å². The van der Waals surface area contributed by atoms with Gasteiger partial charge >= 0.3 is 0 Å². The topological polar surface area (TPSA) is 114 Å². The summed E-state index contributed by atoms with van der Waals surface area (Å²) in [6, 6.07) is 17.9. The number of hydrogen-bond acceptors (Lipinski definition) is 7. The molecule has 3 N–H and O–H groups in total. The fraction of sp³-hybridized carbons (Fsp3) is 0.484. The minimum atomic E-state index is -1.95. The first-order valence-corrected chi connectivity index (χ1v) is 13.8. The van der Waals surface area contributed by atoms with Gasteiger partial charge in [-0.05, 0) is 42.4 Å². The van der Waals surface area contributed by atoms with E-state index in [2.05, 4.69) is 12.1 Å². The van der Waals surface area contributed by atoms with Crippen molar-refractivity contribution < 1.29 is 34.0 Å². The lowest BCUT2D eigenvalue weighted by Crippen LogP contribution is -2.58.